The minimum atomic E-state index is -0.737. The average molecular weight is 426 g/mol. The van der Waals surface area contributed by atoms with Crippen LogP contribution in [0.25, 0.3) is 15.8 Å². The summed E-state index contributed by atoms with van der Waals surface area (Å²) >= 11 is 1.59. The molecule has 7 heteroatoms. The Morgan fingerprint density at radius 1 is 1.33 bits per heavy atom. The fraction of sp³-hybridized carbons (Fsp3) is 0.348. The van der Waals surface area contributed by atoms with Gasteiger partial charge < -0.3 is 14.8 Å². The minimum absolute atomic E-state index is 0.164. The normalized spacial score (nSPS) is 13.8. The molecule has 0 saturated carbocycles. The SMILES string of the molecule is C/C=C\S/C(=C\C)c1cc(O[C@H](C)COC)c2cc(NC(=O)C(C)C#N)ccc2n1. The highest BCUT2D eigenvalue weighted by Gasteiger charge is 2.16. The van der Waals surface area contributed by atoms with Crippen LogP contribution in [0.1, 0.15) is 33.4 Å². The Morgan fingerprint density at radius 3 is 2.73 bits per heavy atom. The van der Waals surface area contributed by atoms with Gasteiger partial charge in [-0.3, -0.25) is 4.79 Å². The second kappa shape index (κ2) is 11.4. The van der Waals surface area contributed by atoms with Gasteiger partial charge in [0.25, 0.3) is 0 Å². The van der Waals surface area contributed by atoms with Crippen molar-refractivity contribution in [2.24, 2.45) is 5.92 Å². The number of carbonyl (C=O) groups excluding carboxylic acids is 1. The molecule has 0 saturated heterocycles. The van der Waals surface area contributed by atoms with Crippen molar-refractivity contribution in [3.05, 3.63) is 47.5 Å². The van der Waals surface area contributed by atoms with E-state index in [0.717, 1.165) is 21.5 Å². The molecule has 1 unspecified atom stereocenters. The van der Waals surface area contributed by atoms with Gasteiger partial charge in [-0.05, 0) is 51.3 Å². The van der Waals surface area contributed by atoms with Crippen molar-refractivity contribution < 1.29 is 14.3 Å². The number of methoxy groups -OCH3 is 1. The number of carbonyl (C=O) groups is 1. The number of hydrogen-bond donors (Lipinski definition) is 1. The van der Waals surface area contributed by atoms with Crippen LogP contribution >= 0.6 is 11.8 Å². The molecule has 1 N–H and O–H groups in total. The van der Waals surface area contributed by atoms with Crippen LogP contribution < -0.4 is 10.1 Å². The largest absolute Gasteiger partial charge is 0.488 e. The topological polar surface area (TPSA) is 84.2 Å². The van der Waals surface area contributed by atoms with Gasteiger partial charge in [0, 0.05) is 29.2 Å². The lowest BCUT2D eigenvalue weighted by Gasteiger charge is -2.18. The fourth-order valence-electron chi connectivity index (χ4n) is 2.71. The molecule has 0 bridgehead atoms. The zero-order valence-electron chi connectivity index (χ0n) is 17.9. The Morgan fingerprint density at radius 2 is 2.10 bits per heavy atom. The molecular formula is C23H27N3O3S. The third-order valence-electron chi connectivity index (χ3n) is 4.20. The first kappa shape index (κ1) is 23.5. The van der Waals surface area contributed by atoms with Crippen LogP contribution in [-0.4, -0.2) is 30.7 Å². The number of allylic oxidation sites excluding steroid dienone is 2. The minimum Gasteiger partial charge on any atom is -0.488 e. The number of amides is 1. The smallest absolute Gasteiger partial charge is 0.241 e. The number of fused-ring (bicyclic) bond motifs is 1. The molecule has 0 spiro atoms. The number of thioether (sulfide) groups is 1. The highest BCUT2D eigenvalue weighted by molar-refractivity contribution is 8.10. The number of rotatable bonds is 9. The van der Waals surface area contributed by atoms with E-state index in [1.54, 1.807) is 31.9 Å². The Kier molecular flexibility index (Phi) is 8.90. The molecule has 0 aliphatic carbocycles. The van der Waals surface area contributed by atoms with E-state index in [-0.39, 0.29) is 12.0 Å². The molecular weight excluding hydrogens is 398 g/mol. The van der Waals surface area contributed by atoms with Gasteiger partial charge in [-0.2, -0.15) is 5.26 Å². The van der Waals surface area contributed by atoms with Gasteiger partial charge in [-0.15, -0.1) is 0 Å². The van der Waals surface area contributed by atoms with Crippen LogP contribution in [0.2, 0.25) is 0 Å². The third kappa shape index (κ3) is 6.09. The van der Waals surface area contributed by atoms with Gasteiger partial charge in [-0.1, -0.05) is 23.9 Å². The van der Waals surface area contributed by atoms with Gasteiger partial charge >= 0.3 is 0 Å². The predicted octanol–water partition coefficient (Wildman–Crippen LogP) is 5.37. The van der Waals surface area contributed by atoms with Gasteiger partial charge in [0.1, 0.15) is 17.8 Å². The molecule has 1 aromatic carbocycles. The van der Waals surface area contributed by atoms with Crippen LogP contribution in [0.4, 0.5) is 5.69 Å². The number of nitriles is 1. The van der Waals surface area contributed by atoms with Crippen molar-refractivity contribution >= 4 is 39.2 Å². The van der Waals surface area contributed by atoms with Crippen LogP contribution in [-0.2, 0) is 9.53 Å². The monoisotopic (exact) mass is 425 g/mol. The Labute approximate surface area is 182 Å². The van der Waals surface area contributed by atoms with Crippen molar-refractivity contribution in [2.75, 3.05) is 19.0 Å². The number of hydrogen-bond acceptors (Lipinski definition) is 6. The second-order valence-corrected chi connectivity index (χ2v) is 7.65. The number of pyridine rings is 1. The van der Waals surface area contributed by atoms with Crippen molar-refractivity contribution in [2.45, 2.75) is 33.8 Å². The van der Waals surface area contributed by atoms with Gasteiger partial charge in [0.2, 0.25) is 5.91 Å². The summed E-state index contributed by atoms with van der Waals surface area (Å²) in [6, 6.07) is 9.28. The van der Waals surface area contributed by atoms with Crippen LogP contribution in [0.3, 0.4) is 0 Å². The van der Waals surface area contributed by atoms with E-state index in [9.17, 15) is 4.79 Å². The van der Waals surface area contributed by atoms with Crippen molar-refractivity contribution in [3.8, 4) is 11.8 Å². The van der Waals surface area contributed by atoms with Crippen LogP contribution in [0, 0.1) is 17.2 Å². The van der Waals surface area contributed by atoms with E-state index < -0.39 is 5.92 Å². The lowest BCUT2D eigenvalue weighted by molar-refractivity contribution is -0.117. The molecule has 2 aromatic rings. The first-order valence-corrected chi connectivity index (χ1v) is 10.6. The summed E-state index contributed by atoms with van der Waals surface area (Å²) in [5.41, 5.74) is 2.14. The molecule has 30 heavy (non-hydrogen) atoms. The lowest BCUT2D eigenvalue weighted by atomic mass is 10.1. The summed E-state index contributed by atoms with van der Waals surface area (Å²) < 4.78 is 11.4. The number of aromatic nitrogens is 1. The molecule has 6 nitrogen and oxygen atoms in total. The summed E-state index contributed by atoms with van der Waals surface area (Å²) in [7, 11) is 1.63. The number of benzene rings is 1. The van der Waals surface area contributed by atoms with Gasteiger partial charge in [0.15, 0.2) is 0 Å². The molecule has 2 atom stereocenters. The number of anilines is 1. The third-order valence-corrected chi connectivity index (χ3v) is 5.31. The van der Waals surface area contributed by atoms with E-state index in [4.69, 9.17) is 19.7 Å². The summed E-state index contributed by atoms with van der Waals surface area (Å²) in [6.07, 6.45) is 3.83. The highest BCUT2D eigenvalue weighted by Crippen LogP contribution is 2.35. The van der Waals surface area contributed by atoms with Crippen molar-refractivity contribution in [1.29, 1.82) is 5.26 Å². The Hall–Kier alpha value is -2.82. The summed E-state index contributed by atoms with van der Waals surface area (Å²) in [5, 5.41) is 14.5. The molecule has 1 amide bonds. The highest BCUT2D eigenvalue weighted by atomic mass is 32.2. The standard InChI is InChI=1S/C23H27N3O3S/c1-6-10-30-22(7-2)20-12-21(29-16(4)14-28-5)18-11-17(8-9-19(18)26-20)25-23(27)15(3)13-24/h6-12,15-16H,14H2,1-5H3,(H,25,27)/b10-6-,22-7-/t15?,16-/m1/s1. The zero-order valence-corrected chi connectivity index (χ0v) is 18.7. The van der Waals surface area contributed by atoms with E-state index in [0.29, 0.717) is 18.0 Å². The molecule has 158 valence electrons. The first-order valence-electron chi connectivity index (χ1n) is 9.68. The predicted molar refractivity (Wildman–Crippen MR) is 123 cm³/mol. The zero-order chi connectivity index (χ0) is 22.1. The molecule has 1 aromatic heterocycles. The maximum atomic E-state index is 12.1. The Bertz CT molecular complexity index is 995. The molecule has 0 aliphatic rings. The maximum Gasteiger partial charge on any atom is 0.241 e. The molecule has 1 heterocycles. The van der Waals surface area contributed by atoms with Gasteiger partial charge in [-0.25, -0.2) is 4.98 Å². The summed E-state index contributed by atoms with van der Waals surface area (Å²) in [5.74, 6) is -0.431. The van der Waals surface area contributed by atoms with Crippen LogP contribution in [0.5, 0.6) is 5.75 Å². The quantitative estimate of drug-likeness (QED) is 0.581. The number of nitrogens with zero attached hydrogens (tertiary/aromatic N) is 2. The first-order chi connectivity index (χ1) is 14.4. The summed E-state index contributed by atoms with van der Waals surface area (Å²) in [4.78, 5) is 17.9. The maximum absolute atomic E-state index is 12.1. The molecule has 0 fully saturated rings. The molecule has 2 rings (SSSR count). The van der Waals surface area contributed by atoms with Gasteiger partial charge in [0.05, 0.1) is 23.9 Å². The average Bonchev–Trinajstić information content (AvgIpc) is 2.74. The van der Waals surface area contributed by atoms with Crippen molar-refractivity contribution in [1.82, 2.24) is 4.98 Å². The Balaban J connectivity index is 2.53. The lowest BCUT2D eigenvalue weighted by Crippen LogP contribution is -2.19. The van der Waals surface area contributed by atoms with E-state index in [1.165, 1.54) is 0 Å². The van der Waals surface area contributed by atoms with E-state index in [1.807, 2.05) is 62.6 Å². The van der Waals surface area contributed by atoms with E-state index in [2.05, 4.69) is 5.32 Å². The van der Waals surface area contributed by atoms with Crippen molar-refractivity contribution in [3.63, 3.8) is 0 Å². The molecule has 0 radical (unpaired) electrons. The fourth-order valence-corrected chi connectivity index (χ4v) is 3.35. The summed E-state index contributed by atoms with van der Waals surface area (Å²) in [6.45, 7) is 7.88. The van der Waals surface area contributed by atoms with Crippen LogP contribution in [0.15, 0.2) is 41.8 Å². The number of ether oxygens (including phenoxy) is 2. The van der Waals surface area contributed by atoms with E-state index >= 15 is 0 Å². The number of nitrogens with one attached hydrogen (secondary N) is 1. The molecule has 0 aliphatic heterocycles. The second-order valence-electron chi connectivity index (χ2n) is 6.70.